The number of benzene rings is 6. The number of anilines is 2. The maximum absolute atomic E-state index is 12.9. The van der Waals surface area contributed by atoms with Gasteiger partial charge in [-0.2, -0.15) is 0 Å². The molecular formula is C57H67IN4O2. The summed E-state index contributed by atoms with van der Waals surface area (Å²) in [5, 5.41) is 6.09. The predicted octanol–water partition coefficient (Wildman–Crippen LogP) is 10.5. The first kappa shape index (κ1) is 48.4. The maximum Gasteiger partial charge on any atom is 0.255 e. The van der Waals surface area contributed by atoms with Crippen LogP contribution in [0.3, 0.4) is 0 Å². The molecule has 0 radical (unpaired) electrons. The van der Waals surface area contributed by atoms with Crippen molar-refractivity contribution in [2.75, 3.05) is 31.8 Å². The van der Waals surface area contributed by atoms with E-state index in [0.717, 1.165) is 57.2 Å². The van der Waals surface area contributed by atoms with Crippen LogP contribution in [0.1, 0.15) is 107 Å². The molecule has 0 spiro atoms. The first-order valence-corrected chi connectivity index (χ1v) is 23.2. The highest BCUT2D eigenvalue weighted by Gasteiger charge is 2.30. The van der Waals surface area contributed by atoms with E-state index < -0.39 is 0 Å². The zero-order valence-electron chi connectivity index (χ0n) is 38.6. The number of quaternary nitrogens is 1. The van der Waals surface area contributed by atoms with Crippen molar-refractivity contribution in [3.8, 4) is 22.3 Å². The third-order valence-electron chi connectivity index (χ3n) is 13.2. The van der Waals surface area contributed by atoms with E-state index in [-0.39, 0.29) is 35.8 Å². The molecular weight excluding hydrogens is 900 g/mol. The molecule has 2 N–H and O–H groups in total. The molecule has 0 aromatic heterocycles. The molecule has 6 aromatic rings. The van der Waals surface area contributed by atoms with Gasteiger partial charge < -0.3 is 39.1 Å². The van der Waals surface area contributed by atoms with Gasteiger partial charge in [-0.25, -0.2) is 0 Å². The number of nitrogens with zero attached hydrogens (tertiary/aromatic N) is 2. The van der Waals surface area contributed by atoms with Gasteiger partial charge in [0, 0.05) is 40.7 Å². The third-order valence-corrected chi connectivity index (χ3v) is 13.2. The maximum atomic E-state index is 12.9. The number of amides is 2. The summed E-state index contributed by atoms with van der Waals surface area (Å²) >= 11 is 0. The standard InChI is InChI=1S/C29H34N2O.C28H32N2O.HI/c1-22-12-16-24(17-13-22)25-8-7-9-26(20-25)29(32)30-27-18-14-23(15-19-27)21-31(2,3)28-10-5-4-6-11-28;1-21-11-15-23(16-12-21)24-7-6-8-25(19-24)28(31)29-26-17-13-22(14-18-26)20-30(2)27-9-4-3-5-10-27;/h7-9,12-20,28H,4-6,10-11,21H2,1-3H3;6-8,11-19,27H,3-5,9-10,20H2,1-2H3,(H,29,31);1H. The Labute approximate surface area is 400 Å². The van der Waals surface area contributed by atoms with Crippen LogP contribution in [0.5, 0.6) is 0 Å². The zero-order valence-corrected chi connectivity index (χ0v) is 40.7. The van der Waals surface area contributed by atoms with Gasteiger partial charge in [0.2, 0.25) is 0 Å². The number of rotatable bonds is 12. The van der Waals surface area contributed by atoms with Gasteiger partial charge in [-0.15, -0.1) is 0 Å². The summed E-state index contributed by atoms with van der Waals surface area (Å²) in [7, 11) is 6.94. The lowest BCUT2D eigenvalue weighted by molar-refractivity contribution is -0.929. The van der Waals surface area contributed by atoms with Crippen molar-refractivity contribution in [3.05, 3.63) is 179 Å². The number of carbonyl (C=O) groups excluding carboxylic acids is 2. The Hall–Kier alpha value is -5.09. The highest BCUT2D eigenvalue weighted by molar-refractivity contribution is 6.05. The van der Waals surface area contributed by atoms with Crippen LogP contribution < -0.4 is 34.6 Å². The minimum Gasteiger partial charge on any atom is -1.00 e. The second-order valence-electron chi connectivity index (χ2n) is 18.6. The van der Waals surface area contributed by atoms with E-state index in [9.17, 15) is 9.59 Å². The van der Waals surface area contributed by atoms with Crippen LogP contribution in [-0.4, -0.2) is 54.4 Å². The van der Waals surface area contributed by atoms with Crippen molar-refractivity contribution >= 4 is 23.2 Å². The first-order valence-electron chi connectivity index (χ1n) is 23.2. The number of hydrogen-bond donors (Lipinski definition) is 2. The third kappa shape index (κ3) is 13.7. The molecule has 0 aliphatic heterocycles. The van der Waals surface area contributed by atoms with Crippen LogP contribution >= 0.6 is 0 Å². The van der Waals surface area contributed by atoms with E-state index in [4.69, 9.17) is 0 Å². The average Bonchev–Trinajstić information content (AvgIpc) is 3.31. The van der Waals surface area contributed by atoms with Crippen molar-refractivity contribution in [2.45, 2.75) is 103 Å². The Morgan fingerprint density at radius 2 is 0.953 bits per heavy atom. The minimum absolute atomic E-state index is 0. The predicted molar refractivity (Wildman–Crippen MR) is 263 cm³/mol. The zero-order chi connectivity index (χ0) is 44.2. The highest BCUT2D eigenvalue weighted by atomic mass is 127. The van der Waals surface area contributed by atoms with Crippen LogP contribution in [0.2, 0.25) is 0 Å². The number of aryl methyl sites for hydroxylation is 2. The van der Waals surface area contributed by atoms with Gasteiger partial charge in [0.1, 0.15) is 6.54 Å². The van der Waals surface area contributed by atoms with Gasteiger partial charge in [-0.3, -0.25) is 14.5 Å². The molecule has 2 aliphatic rings. The minimum atomic E-state index is -0.0824. The van der Waals surface area contributed by atoms with Crippen LogP contribution in [0.25, 0.3) is 22.3 Å². The molecule has 6 nitrogen and oxygen atoms in total. The average molecular weight is 967 g/mol. The molecule has 0 heterocycles. The van der Waals surface area contributed by atoms with Crippen molar-refractivity contribution < 1.29 is 38.0 Å². The van der Waals surface area contributed by atoms with Gasteiger partial charge in [-0.1, -0.05) is 134 Å². The Balaban J connectivity index is 0.000000209. The Morgan fingerprint density at radius 3 is 1.41 bits per heavy atom. The van der Waals surface area contributed by atoms with E-state index in [1.807, 2.05) is 72.8 Å². The number of hydrogen-bond acceptors (Lipinski definition) is 3. The van der Waals surface area contributed by atoms with E-state index in [1.165, 1.54) is 86.5 Å². The fourth-order valence-electron chi connectivity index (χ4n) is 9.28. The molecule has 6 aromatic carbocycles. The molecule has 64 heavy (non-hydrogen) atoms. The molecule has 2 amide bonds. The Kier molecular flexibility index (Phi) is 17.5. The lowest BCUT2D eigenvalue weighted by Crippen LogP contribution is -3.00. The fourth-order valence-corrected chi connectivity index (χ4v) is 9.28. The van der Waals surface area contributed by atoms with Crippen LogP contribution in [-0.2, 0) is 13.1 Å². The first-order chi connectivity index (χ1) is 30.5. The van der Waals surface area contributed by atoms with Gasteiger partial charge in [-0.05, 0) is 136 Å². The van der Waals surface area contributed by atoms with Crippen molar-refractivity contribution in [2.24, 2.45) is 0 Å². The second kappa shape index (κ2) is 23.2. The summed E-state index contributed by atoms with van der Waals surface area (Å²) in [6, 6.07) is 50.4. The van der Waals surface area contributed by atoms with Gasteiger partial charge in [0.05, 0.1) is 20.1 Å². The summed E-state index contributed by atoms with van der Waals surface area (Å²) in [5.41, 5.74) is 12.4. The monoisotopic (exact) mass is 966 g/mol. The highest BCUT2D eigenvalue weighted by Crippen LogP contribution is 2.29. The topological polar surface area (TPSA) is 61.4 Å². The Morgan fingerprint density at radius 1 is 0.531 bits per heavy atom. The van der Waals surface area contributed by atoms with E-state index >= 15 is 0 Å². The largest absolute Gasteiger partial charge is 1.00 e. The summed E-state index contributed by atoms with van der Waals surface area (Å²) in [4.78, 5) is 28.1. The SMILES string of the molecule is Cc1ccc(-c2cccc(C(=O)Nc3ccc(CN(C)C4CCCCC4)cc3)c2)cc1.Cc1ccc(-c2cccc(C(=O)Nc3ccc(C[N+](C)(C)C4CCCCC4)cc3)c2)cc1.[I-]. The molecule has 334 valence electrons. The summed E-state index contributed by atoms with van der Waals surface area (Å²) in [6.45, 7) is 6.14. The molecule has 0 saturated heterocycles. The number of nitrogens with one attached hydrogen (secondary N) is 2. The molecule has 2 aliphatic carbocycles. The molecule has 0 bridgehead atoms. The molecule has 8 rings (SSSR count). The van der Waals surface area contributed by atoms with Crippen LogP contribution in [0, 0.1) is 13.8 Å². The number of carbonyl (C=O) groups is 2. The molecule has 2 saturated carbocycles. The van der Waals surface area contributed by atoms with Crippen molar-refractivity contribution in [3.63, 3.8) is 0 Å². The molecule has 0 atom stereocenters. The van der Waals surface area contributed by atoms with Crippen LogP contribution in [0.4, 0.5) is 11.4 Å². The normalized spacial score (nSPS) is 14.5. The van der Waals surface area contributed by atoms with Gasteiger partial charge in [0.15, 0.2) is 0 Å². The summed E-state index contributed by atoms with van der Waals surface area (Å²) in [6.07, 6.45) is 13.5. The molecule has 7 heteroatoms. The van der Waals surface area contributed by atoms with E-state index in [0.29, 0.717) is 17.2 Å². The van der Waals surface area contributed by atoms with Crippen molar-refractivity contribution in [1.82, 2.24) is 4.90 Å². The molecule has 0 unspecified atom stereocenters. The number of halogens is 1. The quantitative estimate of drug-likeness (QED) is 0.0949. The van der Waals surface area contributed by atoms with E-state index in [1.54, 1.807) is 0 Å². The Bertz CT molecular complexity index is 2400. The summed E-state index contributed by atoms with van der Waals surface area (Å²) in [5.74, 6) is -0.161. The van der Waals surface area contributed by atoms with Crippen LogP contribution in [0.15, 0.2) is 146 Å². The second-order valence-corrected chi connectivity index (χ2v) is 18.6. The smallest absolute Gasteiger partial charge is 0.255 e. The van der Waals surface area contributed by atoms with Gasteiger partial charge >= 0.3 is 0 Å². The fraction of sp³-hybridized carbons (Fsp3) is 0.333. The molecule has 2 fully saturated rings. The summed E-state index contributed by atoms with van der Waals surface area (Å²) < 4.78 is 1.04. The van der Waals surface area contributed by atoms with E-state index in [2.05, 4.69) is 123 Å². The lowest BCUT2D eigenvalue weighted by atomic mass is 9.92. The van der Waals surface area contributed by atoms with Crippen molar-refractivity contribution in [1.29, 1.82) is 0 Å². The lowest BCUT2D eigenvalue weighted by Gasteiger charge is -2.40. The van der Waals surface area contributed by atoms with Gasteiger partial charge in [0.25, 0.3) is 11.8 Å².